The fourth-order valence-corrected chi connectivity index (χ4v) is 1.61. The average Bonchev–Trinajstić information content (AvgIpc) is 2.32. The lowest BCUT2D eigenvalue weighted by Gasteiger charge is -2.10. The number of hydrogen-bond donors (Lipinski definition) is 1. The van der Waals surface area contributed by atoms with Crippen LogP contribution in [-0.2, 0) is 11.3 Å². The van der Waals surface area contributed by atoms with Gasteiger partial charge in [0.05, 0.1) is 6.61 Å². The molecular weight excluding hydrogens is 246 g/mol. The number of ether oxygens (including phenoxy) is 1. The number of carbonyl (C=O) groups is 1. The van der Waals surface area contributed by atoms with Gasteiger partial charge in [0.1, 0.15) is 0 Å². The summed E-state index contributed by atoms with van der Waals surface area (Å²) in [5, 5.41) is 8.57. The van der Waals surface area contributed by atoms with E-state index in [2.05, 4.69) is 13.8 Å². The quantitative estimate of drug-likeness (QED) is 0.783. The van der Waals surface area contributed by atoms with E-state index in [0.29, 0.717) is 31.2 Å². The normalized spacial score (nSPS) is 10.7. The Bertz CT molecular complexity index is 465. The zero-order chi connectivity index (χ0) is 14.3. The molecular formula is C14H21NO4. The molecule has 106 valence electrons. The molecule has 0 atom stereocenters. The molecule has 0 bridgehead atoms. The number of aliphatic carboxylic acids is 1. The third-order valence-corrected chi connectivity index (χ3v) is 2.73. The lowest BCUT2D eigenvalue weighted by molar-refractivity contribution is -0.137. The Morgan fingerprint density at radius 1 is 1.47 bits per heavy atom. The maximum atomic E-state index is 12.0. The molecule has 0 radical (unpaired) electrons. The summed E-state index contributed by atoms with van der Waals surface area (Å²) in [4.78, 5) is 22.4. The van der Waals surface area contributed by atoms with Gasteiger partial charge in [-0.2, -0.15) is 0 Å². The fourth-order valence-electron chi connectivity index (χ4n) is 1.61. The van der Waals surface area contributed by atoms with E-state index in [9.17, 15) is 9.59 Å². The maximum Gasteiger partial charge on any atom is 0.303 e. The van der Waals surface area contributed by atoms with Crippen molar-refractivity contribution in [1.82, 2.24) is 4.57 Å². The van der Waals surface area contributed by atoms with Gasteiger partial charge in [0.25, 0.3) is 5.56 Å². The minimum Gasteiger partial charge on any atom is -0.488 e. The van der Waals surface area contributed by atoms with Crippen LogP contribution in [0.25, 0.3) is 0 Å². The SMILES string of the molecule is CC(C)CCOc1cccn(CCCC(=O)O)c1=O. The fraction of sp³-hybridized carbons (Fsp3) is 0.571. The molecule has 1 N–H and O–H groups in total. The van der Waals surface area contributed by atoms with E-state index in [1.54, 1.807) is 18.3 Å². The van der Waals surface area contributed by atoms with Crippen molar-refractivity contribution in [1.29, 1.82) is 0 Å². The highest BCUT2D eigenvalue weighted by atomic mass is 16.5. The first-order valence-corrected chi connectivity index (χ1v) is 6.54. The van der Waals surface area contributed by atoms with Gasteiger partial charge in [-0.3, -0.25) is 9.59 Å². The van der Waals surface area contributed by atoms with Crippen LogP contribution in [0, 0.1) is 5.92 Å². The van der Waals surface area contributed by atoms with Crippen LogP contribution in [0.2, 0.25) is 0 Å². The molecule has 0 saturated heterocycles. The molecule has 0 aliphatic carbocycles. The van der Waals surface area contributed by atoms with Crippen LogP contribution in [0.1, 0.15) is 33.1 Å². The number of carboxylic acid groups (broad SMARTS) is 1. The first kappa shape index (κ1) is 15.3. The zero-order valence-electron chi connectivity index (χ0n) is 11.5. The van der Waals surface area contributed by atoms with Crippen LogP contribution >= 0.6 is 0 Å². The summed E-state index contributed by atoms with van der Waals surface area (Å²) in [6.45, 7) is 5.11. The van der Waals surface area contributed by atoms with Crippen molar-refractivity contribution in [3.63, 3.8) is 0 Å². The van der Waals surface area contributed by atoms with Crippen LogP contribution in [0.4, 0.5) is 0 Å². The summed E-state index contributed by atoms with van der Waals surface area (Å²) < 4.78 is 6.96. The number of hydrogen-bond acceptors (Lipinski definition) is 3. The molecule has 0 amide bonds. The Morgan fingerprint density at radius 2 is 2.21 bits per heavy atom. The van der Waals surface area contributed by atoms with Crippen LogP contribution in [0.3, 0.4) is 0 Å². The van der Waals surface area contributed by atoms with Crippen LogP contribution in [0.15, 0.2) is 23.1 Å². The number of nitrogens with zero attached hydrogens (tertiary/aromatic N) is 1. The third kappa shape index (κ3) is 5.59. The van der Waals surface area contributed by atoms with E-state index in [1.807, 2.05) is 0 Å². The summed E-state index contributed by atoms with van der Waals surface area (Å²) in [6, 6.07) is 3.39. The van der Waals surface area contributed by atoms with Gasteiger partial charge < -0.3 is 14.4 Å². The van der Waals surface area contributed by atoms with E-state index in [1.165, 1.54) is 4.57 Å². The molecule has 0 unspecified atom stereocenters. The van der Waals surface area contributed by atoms with Gasteiger partial charge in [-0.25, -0.2) is 0 Å². The highest BCUT2D eigenvalue weighted by molar-refractivity contribution is 5.66. The molecule has 5 nitrogen and oxygen atoms in total. The van der Waals surface area contributed by atoms with Crippen molar-refractivity contribution in [3.05, 3.63) is 28.7 Å². The maximum absolute atomic E-state index is 12.0. The predicted octanol–water partition coefficient (Wildman–Crippen LogP) is 2.14. The van der Waals surface area contributed by atoms with Crippen molar-refractivity contribution in [3.8, 4) is 5.75 Å². The second kappa shape index (κ2) is 7.61. The Kier molecular flexibility index (Phi) is 6.12. The van der Waals surface area contributed by atoms with Crippen LogP contribution < -0.4 is 10.3 Å². The summed E-state index contributed by atoms with van der Waals surface area (Å²) in [5.74, 6) is 0.0115. The van der Waals surface area contributed by atoms with Gasteiger partial charge >= 0.3 is 5.97 Å². The Morgan fingerprint density at radius 3 is 2.84 bits per heavy atom. The minimum absolute atomic E-state index is 0.0604. The van der Waals surface area contributed by atoms with Gasteiger partial charge in [-0.1, -0.05) is 13.8 Å². The third-order valence-electron chi connectivity index (χ3n) is 2.73. The first-order chi connectivity index (χ1) is 9.00. The summed E-state index contributed by atoms with van der Waals surface area (Å²) in [6.07, 6.45) is 3.04. The minimum atomic E-state index is -0.850. The number of carboxylic acids is 1. The van der Waals surface area contributed by atoms with Crippen molar-refractivity contribution in [2.45, 2.75) is 39.7 Å². The molecule has 0 spiro atoms. The standard InChI is InChI=1S/C14H21NO4/c1-11(2)7-10-19-12-5-3-8-15(14(12)18)9-4-6-13(16)17/h3,5,8,11H,4,6-7,9-10H2,1-2H3,(H,16,17). The first-order valence-electron chi connectivity index (χ1n) is 6.54. The van der Waals surface area contributed by atoms with E-state index in [-0.39, 0.29) is 12.0 Å². The van der Waals surface area contributed by atoms with Crippen LogP contribution in [-0.4, -0.2) is 22.2 Å². The van der Waals surface area contributed by atoms with Gasteiger partial charge in [0.15, 0.2) is 5.75 Å². The number of rotatable bonds is 8. The number of pyridine rings is 1. The lowest BCUT2D eigenvalue weighted by atomic mass is 10.1. The smallest absolute Gasteiger partial charge is 0.303 e. The Balaban J connectivity index is 2.59. The van der Waals surface area contributed by atoms with E-state index >= 15 is 0 Å². The predicted molar refractivity (Wildman–Crippen MR) is 72.5 cm³/mol. The van der Waals surface area contributed by atoms with Gasteiger partial charge in [0, 0.05) is 19.2 Å². The summed E-state index contributed by atoms with van der Waals surface area (Å²) in [5.41, 5.74) is -0.198. The molecule has 1 rings (SSSR count). The second-order valence-corrected chi connectivity index (χ2v) is 4.90. The van der Waals surface area contributed by atoms with Gasteiger partial charge in [0.2, 0.25) is 0 Å². The molecule has 19 heavy (non-hydrogen) atoms. The number of aryl methyl sites for hydroxylation is 1. The summed E-state index contributed by atoms with van der Waals surface area (Å²) >= 11 is 0. The van der Waals surface area contributed by atoms with Crippen molar-refractivity contribution in [2.75, 3.05) is 6.61 Å². The monoisotopic (exact) mass is 267 g/mol. The van der Waals surface area contributed by atoms with E-state index < -0.39 is 5.97 Å². The lowest BCUT2D eigenvalue weighted by Crippen LogP contribution is -2.22. The molecule has 0 saturated carbocycles. The van der Waals surface area contributed by atoms with Crippen molar-refractivity contribution >= 4 is 5.97 Å². The van der Waals surface area contributed by atoms with Gasteiger partial charge in [-0.15, -0.1) is 0 Å². The Hall–Kier alpha value is -1.78. The molecule has 0 fully saturated rings. The zero-order valence-corrected chi connectivity index (χ0v) is 11.5. The number of aromatic nitrogens is 1. The van der Waals surface area contributed by atoms with Crippen molar-refractivity contribution < 1.29 is 14.6 Å². The molecule has 0 aliphatic rings. The molecule has 0 aliphatic heterocycles. The van der Waals surface area contributed by atoms with E-state index in [4.69, 9.17) is 9.84 Å². The topological polar surface area (TPSA) is 68.5 Å². The molecule has 1 aromatic rings. The van der Waals surface area contributed by atoms with Crippen molar-refractivity contribution in [2.24, 2.45) is 5.92 Å². The molecule has 5 heteroatoms. The molecule has 0 aromatic carbocycles. The second-order valence-electron chi connectivity index (χ2n) is 4.90. The Labute approximate surface area is 112 Å². The highest BCUT2D eigenvalue weighted by Gasteiger charge is 2.05. The average molecular weight is 267 g/mol. The largest absolute Gasteiger partial charge is 0.488 e. The van der Waals surface area contributed by atoms with Gasteiger partial charge in [-0.05, 0) is 30.9 Å². The molecule has 1 heterocycles. The summed E-state index contributed by atoms with van der Waals surface area (Å²) in [7, 11) is 0. The van der Waals surface area contributed by atoms with E-state index in [0.717, 1.165) is 6.42 Å². The van der Waals surface area contributed by atoms with Crippen LogP contribution in [0.5, 0.6) is 5.75 Å². The molecule has 1 aromatic heterocycles. The highest BCUT2D eigenvalue weighted by Crippen LogP contribution is 2.06.